The van der Waals surface area contributed by atoms with Gasteiger partial charge in [-0.25, -0.2) is 9.59 Å². The van der Waals surface area contributed by atoms with Crippen molar-refractivity contribution in [3.8, 4) is 0 Å². The molecule has 1 aromatic rings. The van der Waals surface area contributed by atoms with Crippen LogP contribution >= 0.6 is 23.5 Å². The average Bonchev–Trinajstić information content (AvgIpc) is 2.84. The lowest BCUT2D eigenvalue weighted by Crippen LogP contribution is -2.37. The van der Waals surface area contributed by atoms with Gasteiger partial charge in [0.25, 0.3) is 0 Å². The van der Waals surface area contributed by atoms with Crippen molar-refractivity contribution >= 4 is 35.5 Å². The lowest BCUT2D eigenvalue weighted by atomic mass is 10.2. The third kappa shape index (κ3) is 12.2. The average molecular weight is 514 g/mol. The molecule has 2 N–H and O–H groups in total. The molecule has 11 heteroatoms. The summed E-state index contributed by atoms with van der Waals surface area (Å²) in [5.41, 5.74) is 2.60. The second kappa shape index (κ2) is 16.9. The second-order valence-corrected chi connectivity index (χ2v) is 9.94. The molecule has 0 aliphatic carbocycles. The zero-order chi connectivity index (χ0) is 24.6. The van der Waals surface area contributed by atoms with Crippen LogP contribution in [0.25, 0.3) is 0 Å². The number of thioether (sulfide) groups is 2. The number of hydrogen-bond acceptors (Lipinski definition) is 9. The van der Waals surface area contributed by atoms with E-state index < -0.39 is 11.9 Å². The van der Waals surface area contributed by atoms with Crippen LogP contribution in [0.3, 0.4) is 0 Å². The van der Waals surface area contributed by atoms with Gasteiger partial charge in [-0.3, -0.25) is 14.8 Å². The maximum Gasteiger partial charge on any atom is 0.328 e. The normalized spacial score (nSPS) is 17.3. The highest BCUT2D eigenvalue weighted by Gasteiger charge is 2.12. The summed E-state index contributed by atoms with van der Waals surface area (Å²) < 4.78 is 10.8. The van der Waals surface area contributed by atoms with Gasteiger partial charge >= 0.3 is 11.9 Å². The van der Waals surface area contributed by atoms with E-state index in [0.29, 0.717) is 12.2 Å². The van der Waals surface area contributed by atoms with E-state index in [4.69, 9.17) is 19.7 Å². The van der Waals surface area contributed by atoms with Crippen molar-refractivity contribution in [3.05, 3.63) is 35.7 Å². The summed E-state index contributed by atoms with van der Waals surface area (Å²) in [6, 6.07) is 2.17. The van der Waals surface area contributed by atoms with Crippen LogP contribution in [0, 0.1) is 6.92 Å². The Kier molecular flexibility index (Phi) is 14.2. The Labute approximate surface area is 209 Å². The molecule has 0 spiro atoms. The minimum absolute atomic E-state index is 0.558. The first-order valence-corrected chi connectivity index (χ1v) is 13.5. The van der Waals surface area contributed by atoms with E-state index in [1.54, 1.807) is 0 Å². The molecule has 0 saturated carbocycles. The molecule has 190 valence electrons. The van der Waals surface area contributed by atoms with Gasteiger partial charge in [-0.15, -0.1) is 11.8 Å². The van der Waals surface area contributed by atoms with E-state index in [1.165, 1.54) is 16.2 Å². The van der Waals surface area contributed by atoms with Gasteiger partial charge in [0, 0.05) is 79.8 Å². The quantitative estimate of drug-likeness (QED) is 0.258. The maximum absolute atomic E-state index is 9.55. The van der Waals surface area contributed by atoms with Crippen LogP contribution in [-0.2, 0) is 24.8 Å². The van der Waals surface area contributed by atoms with Crippen LogP contribution in [0.1, 0.15) is 11.3 Å². The second-order valence-electron chi connectivity index (χ2n) is 7.70. The van der Waals surface area contributed by atoms with Gasteiger partial charge in [-0.2, -0.15) is 11.8 Å². The molecular formula is C23H35N3O6S2. The molecule has 2 saturated heterocycles. The monoisotopic (exact) mass is 513 g/mol. The first-order chi connectivity index (χ1) is 16.5. The fourth-order valence-corrected chi connectivity index (χ4v) is 5.38. The number of carbonyl (C=O) groups is 2. The number of carboxylic acid groups (broad SMARTS) is 2. The zero-order valence-corrected chi connectivity index (χ0v) is 21.3. The van der Waals surface area contributed by atoms with Gasteiger partial charge in [0.15, 0.2) is 0 Å². The highest BCUT2D eigenvalue weighted by Crippen LogP contribution is 2.26. The number of morpholine rings is 2. The van der Waals surface area contributed by atoms with Crippen LogP contribution < -0.4 is 0 Å². The standard InChI is InChI=1S/C19H31N3O2S2.C4H4O4/c1-17-18(16-25-14-8-21-4-10-23-11-5-21)20-3-2-19(17)26-15-9-22-6-12-24-13-7-22;5-3(6)1-2-4(7)8/h2-3H,4-16H2,1H3;1-2H,(H,5,6)(H,7,8)/b;2-1+. The number of pyridine rings is 1. The molecule has 3 heterocycles. The smallest absolute Gasteiger partial charge is 0.328 e. The van der Waals surface area contributed by atoms with Crippen LogP contribution in [0.2, 0.25) is 0 Å². The predicted octanol–water partition coefficient (Wildman–Crippen LogP) is 2.09. The molecule has 0 radical (unpaired) electrons. The van der Waals surface area contributed by atoms with Crippen molar-refractivity contribution in [3.63, 3.8) is 0 Å². The Bertz CT molecular complexity index is 768. The Morgan fingerprint density at radius 1 is 0.971 bits per heavy atom. The van der Waals surface area contributed by atoms with E-state index in [1.807, 2.05) is 29.7 Å². The van der Waals surface area contributed by atoms with Gasteiger partial charge in [0.2, 0.25) is 0 Å². The van der Waals surface area contributed by atoms with Crippen molar-refractivity contribution in [1.82, 2.24) is 14.8 Å². The van der Waals surface area contributed by atoms with Crippen LogP contribution in [0.4, 0.5) is 0 Å². The van der Waals surface area contributed by atoms with Gasteiger partial charge in [0.1, 0.15) is 0 Å². The molecule has 0 atom stereocenters. The fraction of sp³-hybridized carbons (Fsp3) is 0.609. The third-order valence-electron chi connectivity index (χ3n) is 5.29. The summed E-state index contributed by atoms with van der Waals surface area (Å²) in [5, 5.41) is 15.6. The summed E-state index contributed by atoms with van der Waals surface area (Å²) >= 11 is 3.96. The Morgan fingerprint density at radius 2 is 1.50 bits per heavy atom. The van der Waals surface area contributed by atoms with E-state index in [2.05, 4.69) is 27.8 Å². The third-order valence-corrected chi connectivity index (χ3v) is 7.38. The number of rotatable bonds is 11. The van der Waals surface area contributed by atoms with Gasteiger partial charge in [0.05, 0.1) is 32.1 Å². The van der Waals surface area contributed by atoms with Crippen molar-refractivity contribution in [2.45, 2.75) is 17.6 Å². The number of aliphatic carboxylic acids is 2. The maximum atomic E-state index is 9.55. The molecule has 0 aromatic carbocycles. The number of carboxylic acids is 2. The number of ether oxygens (including phenoxy) is 2. The Hall–Kier alpha value is -1.63. The number of nitrogens with zero attached hydrogens (tertiary/aromatic N) is 3. The highest BCUT2D eigenvalue weighted by molar-refractivity contribution is 7.99. The van der Waals surface area contributed by atoms with E-state index in [-0.39, 0.29) is 0 Å². The minimum Gasteiger partial charge on any atom is -0.478 e. The topological polar surface area (TPSA) is 112 Å². The largest absolute Gasteiger partial charge is 0.478 e. The summed E-state index contributed by atoms with van der Waals surface area (Å²) in [5.74, 6) is 0.790. The molecule has 2 fully saturated rings. The molecule has 2 aliphatic rings. The molecule has 9 nitrogen and oxygen atoms in total. The predicted molar refractivity (Wildman–Crippen MR) is 135 cm³/mol. The van der Waals surface area contributed by atoms with E-state index in [9.17, 15) is 9.59 Å². The Morgan fingerprint density at radius 3 is 2.03 bits per heavy atom. The number of aromatic nitrogens is 1. The lowest BCUT2D eigenvalue weighted by Gasteiger charge is -2.26. The van der Waals surface area contributed by atoms with Crippen LogP contribution in [0.5, 0.6) is 0 Å². The molecule has 2 aliphatic heterocycles. The summed E-state index contributed by atoms with van der Waals surface area (Å²) in [6.07, 6.45) is 3.09. The SMILES string of the molecule is Cc1c(SCCN2CCOCC2)ccnc1CSCCN1CCOCC1.O=C(O)/C=C/C(=O)O. The van der Waals surface area contributed by atoms with Crippen LogP contribution in [-0.4, -0.2) is 114 Å². The van der Waals surface area contributed by atoms with Crippen molar-refractivity contribution in [2.75, 3.05) is 77.2 Å². The Balaban J connectivity index is 0.000000440. The first-order valence-electron chi connectivity index (χ1n) is 11.3. The van der Waals surface area contributed by atoms with Crippen LogP contribution in [0.15, 0.2) is 29.3 Å². The molecular weight excluding hydrogens is 478 g/mol. The minimum atomic E-state index is -1.26. The summed E-state index contributed by atoms with van der Waals surface area (Å²) in [6.45, 7) is 12.3. The fourth-order valence-electron chi connectivity index (χ4n) is 3.30. The van der Waals surface area contributed by atoms with Crippen molar-refractivity contribution in [1.29, 1.82) is 0 Å². The lowest BCUT2D eigenvalue weighted by molar-refractivity contribution is -0.134. The van der Waals surface area contributed by atoms with Crippen molar-refractivity contribution < 1.29 is 29.3 Å². The molecule has 0 amide bonds. The van der Waals surface area contributed by atoms with Gasteiger partial charge < -0.3 is 19.7 Å². The molecule has 1 aromatic heterocycles. The van der Waals surface area contributed by atoms with Gasteiger partial charge in [-0.05, 0) is 18.6 Å². The zero-order valence-electron chi connectivity index (χ0n) is 19.7. The van der Waals surface area contributed by atoms with E-state index >= 15 is 0 Å². The van der Waals surface area contributed by atoms with Gasteiger partial charge in [-0.1, -0.05) is 0 Å². The van der Waals surface area contributed by atoms with Crippen molar-refractivity contribution in [2.24, 2.45) is 0 Å². The summed E-state index contributed by atoms with van der Waals surface area (Å²) in [4.78, 5) is 30.1. The van der Waals surface area contributed by atoms with E-state index in [0.717, 1.165) is 83.0 Å². The number of hydrogen-bond donors (Lipinski definition) is 2. The molecule has 0 unspecified atom stereocenters. The molecule has 0 bridgehead atoms. The summed E-state index contributed by atoms with van der Waals surface area (Å²) in [7, 11) is 0. The molecule has 34 heavy (non-hydrogen) atoms. The molecule has 3 rings (SSSR count). The highest BCUT2D eigenvalue weighted by atomic mass is 32.2. The first kappa shape index (κ1) is 28.6.